The van der Waals surface area contributed by atoms with Crippen LogP contribution in [0.5, 0.6) is 0 Å². The van der Waals surface area contributed by atoms with Crippen molar-refractivity contribution in [1.29, 1.82) is 0 Å². The first kappa shape index (κ1) is 12.4. The van der Waals surface area contributed by atoms with Crippen LogP contribution in [0.25, 0.3) is 5.57 Å². The van der Waals surface area contributed by atoms with E-state index in [1.54, 1.807) is 0 Å². The second-order valence-electron chi connectivity index (χ2n) is 5.46. The summed E-state index contributed by atoms with van der Waals surface area (Å²) in [7, 11) is 2.06. The van der Waals surface area contributed by atoms with Gasteiger partial charge in [-0.1, -0.05) is 6.08 Å². The number of imidazole rings is 1. The van der Waals surface area contributed by atoms with Crippen molar-refractivity contribution < 1.29 is 4.79 Å². The molecule has 0 spiro atoms. The van der Waals surface area contributed by atoms with E-state index in [1.807, 2.05) is 0 Å². The van der Waals surface area contributed by atoms with Gasteiger partial charge in [0, 0.05) is 19.6 Å². The van der Waals surface area contributed by atoms with Crippen LogP contribution in [0.1, 0.15) is 47.7 Å². The zero-order valence-electron chi connectivity index (χ0n) is 11.4. The van der Waals surface area contributed by atoms with Crippen molar-refractivity contribution >= 4 is 11.5 Å². The van der Waals surface area contributed by atoms with E-state index in [0.717, 1.165) is 44.0 Å². The molecular formula is C14H20N4O. The molecule has 0 bridgehead atoms. The molecule has 3 rings (SSSR count). The third-order valence-electron chi connectivity index (χ3n) is 4.01. The number of carbonyl (C=O) groups excluding carboxylic acids is 1. The minimum atomic E-state index is -0.415. The highest BCUT2D eigenvalue weighted by Crippen LogP contribution is 2.29. The quantitative estimate of drug-likeness (QED) is 0.874. The summed E-state index contributed by atoms with van der Waals surface area (Å²) < 4.78 is 2.19. The Bertz CT molecular complexity index is 544. The molecule has 0 atom stereocenters. The highest BCUT2D eigenvalue weighted by atomic mass is 16.1. The zero-order chi connectivity index (χ0) is 13.4. The second kappa shape index (κ2) is 4.81. The van der Waals surface area contributed by atoms with Crippen LogP contribution in [0, 0.1) is 0 Å². The Kier molecular flexibility index (Phi) is 3.14. The van der Waals surface area contributed by atoms with Gasteiger partial charge in [0.2, 0.25) is 0 Å². The minimum Gasteiger partial charge on any atom is -0.364 e. The summed E-state index contributed by atoms with van der Waals surface area (Å²) in [6.07, 6.45) is 6.90. The molecule has 2 aliphatic rings. The minimum absolute atomic E-state index is 0.415. The summed E-state index contributed by atoms with van der Waals surface area (Å²) in [5, 5.41) is 0. The Hall–Kier alpha value is -1.62. The highest BCUT2D eigenvalue weighted by molar-refractivity contribution is 5.92. The Morgan fingerprint density at radius 2 is 2.21 bits per heavy atom. The molecule has 1 aliphatic heterocycles. The predicted molar refractivity (Wildman–Crippen MR) is 73.5 cm³/mol. The van der Waals surface area contributed by atoms with E-state index < -0.39 is 5.91 Å². The number of aromatic nitrogens is 2. The van der Waals surface area contributed by atoms with E-state index in [4.69, 9.17) is 5.73 Å². The molecule has 0 saturated heterocycles. The molecular weight excluding hydrogens is 240 g/mol. The monoisotopic (exact) mass is 260 g/mol. The molecule has 0 aromatic carbocycles. The number of allylic oxidation sites excluding steroid dienone is 2. The lowest BCUT2D eigenvalue weighted by molar-refractivity contribution is 0.0993. The van der Waals surface area contributed by atoms with Gasteiger partial charge in [0.1, 0.15) is 5.82 Å². The molecule has 102 valence electrons. The van der Waals surface area contributed by atoms with E-state index >= 15 is 0 Å². The van der Waals surface area contributed by atoms with Crippen LogP contribution >= 0.6 is 0 Å². The topological polar surface area (TPSA) is 64.2 Å². The summed E-state index contributed by atoms with van der Waals surface area (Å²) in [6, 6.07) is 0. The average Bonchev–Trinajstić information content (AvgIpc) is 2.78. The number of hydrogen-bond acceptors (Lipinski definition) is 3. The van der Waals surface area contributed by atoms with Crippen LogP contribution in [0.3, 0.4) is 0 Å². The van der Waals surface area contributed by atoms with Gasteiger partial charge in [-0.15, -0.1) is 0 Å². The number of rotatable bonds is 2. The highest BCUT2D eigenvalue weighted by Gasteiger charge is 2.26. The van der Waals surface area contributed by atoms with Crippen molar-refractivity contribution in [3.63, 3.8) is 0 Å². The molecule has 0 fully saturated rings. The SMILES string of the molecule is CN1CCn2c(C3=CCCCC3)nc(C(N)=O)c2C1. The summed E-state index contributed by atoms with van der Waals surface area (Å²) >= 11 is 0. The zero-order valence-corrected chi connectivity index (χ0v) is 11.4. The lowest BCUT2D eigenvalue weighted by atomic mass is 9.99. The molecule has 1 aliphatic carbocycles. The normalized spacial score (nSPS) is 19.9. The number of carbonyl (C=O) groups is 1. The maximum Gasteiger partial charge on any atom is 0.269 e. The fourth-order valence-electron chi connectivity index (χ4n) is 2.98. The number of likely N-dealkylation sites (N-methyl/N-ethyl adjacent to an activating group) is 1. The molecule has 1 amide bonds. The smallest absolute Gasteiger partial charge is 0.269 e. The van der Waals surface area contributed by atoms with Crippen LogP contribution in [0.4, 0.5) is 0 Å². The van der Waals surface area contributed by atoms with Crippen LogP contribution in [-0.4, -0.2) is 34.0 Å². The van der Waals surface area contributed by atoms with E-state index in [9.17, 15) is 4.79 Å². The largest absolute Gasteiger partial charge is 0.364 e. The Balaban J connectivity index is 2.08. The Labute approximate surface area is 113 Å². The van der Waals surface area contributed by atoms with E-state index in [2.05, 4.69) is 27.6 Å². The maximum atomic E-state index is 11.6. The van der Waals surface area contributed by atoms with Crippen molar-refractivity contribution in [3.8, 4) is 0 Å². The maximum absolute atomic E-state index is 11.6. The summed E-state index contributed by atoms with van der Waals surface area (Å²) in [5.41, 5.74) is 8.18. The average molecular weight is 260 g/mol. The molecule has 5 nitrogen and oxygen atoms in total. The third-order valence-corrected chi connectivity index (χ3v) is 4.01. The number of amides is 1. The van der Waals surface area contributed by atoms with Gasteiger partial charge in [0.05, 0.1) is 5.69 Å². The molecule has 0 radical (unpaired) electrons. The third kappa shape index (κ3) is 2.18. The standard InChI is InChI=1S/C14H20N4O/c1-17-7-8-18-11(9-17)12(13(15)19)16-14(18)10-5-3-2-4-6-10/h5H,2-4,6-9H2,1H3,(H2,15,19). The first-order chi connectivity index (χ1) is 9.16. The van der Waals surface area contributed by atoms with Crippen molar-refractivity contribution in [3.05, 3.63) is 23.3 Å². The van der Waals surface area contributed by atoms with Crippen molar-refractivity contribution in [2.45, 2.75) is 38.8 Å². The van der Waals surface area contributed by atoms with Gasteiger partial charge in [-0.05, 0) is 38.3 Å². The van der Waals surface area contributed by atoms with Crippen molar-refractivity contribution in [1.82, 2.24) is 14.5 Å². The molecule has 2 N–H and O–H groups in total. The van der Waals surface area contributed by atoms with Crippen LogP contribution < -0.4 is 5.73 Å². The lowest BCUT2D eigenvalue weighted by Gasteiger charge is -2.26. The van der Waals surface area contributed by atoms with Gasteiger partial charge in [-0.25, -0.2) is 4.98 Å². The Morgan fingerprint density at radius 3 is 2.89 bits per heavy atom. The number of primary amides is 1. The number of nitrogens with two attached hydrogens (primary N) is 1. The fraction of sp³-hybridized carbons (Fsp3) is 0.571. The van der Waals surface area contributed by atoms with E-state index in [-0.39, 0.29) is 0 Å². The molecule has 2 heterocycles. The summed E-state index contributed by atoms with van der Waals surface area (Å²) in [6.45, 7) is 2.62. The molecule has 1 aromatic heterocycles. The number of hydrogen-bond donors (Lipinski definition) is 1. The van der Waals surface area contributed by atoms with Crippen molar-refractivity contribution in [2.75, 3.05) is 13.6 Å². The predicted octanol–water partition coefficient (Wildman–Crippen LogP) is 1.38. The van der Waals surface area contributed by atoms with Gasteiger partial charge in [0.25, 0.3) is 5.91 Å². The van der Waals surface area contributed by atoms with Gasteiger partial charge < -0.3 is 10.3 Å². The van der Waals surface area contributed by atoms with Gasteiger partial charge in [0.15, 0.2) is 5.69 Å². The fourth-order valence-corrected chi connectivity index (χ4v) is 2.98. The van der Waals surface area contributed by atoms with Crippen LogP contribution in [0.15, 0.2) is 6.08 Å². The molecule has 0 saturated carbocycles. The van der Waals surface area contributed by atoms with Gasteiger partial charge in [-0.2, -0.15) is 0 Å². The molecule has 0 unspecified atom stereocenters. The van der Waals surface area contributed by atoms with Crippen molar-refractivity contribution in [2.24, 2.45) is 5.73 Å². The molecule has 19 heavy (non-hydrogen) atoms. The second-order valence-corrected chi connectivity index (χ2v) is 5.46. The summed E-state index contributed by atoms with van der Waals surface area (Å²) in [5.74, 6) is 0.554. The summed E-state index contributed by atoms with van der Waals surface area (Å²) in [4.78, 5) is 18.3. The van der Waals surface area contributed by atoms with Crippen LogP contribution in [0.2, 0.25) is 0 Å². The van der Waals surface area contributed by atoms with Gasteiger partial charge in [-0.3, -0.25) is 9.69 Å². The number of nitrogens with zero attached hydrogens (tertiary/aromatic N) is 3. The van der Waals surface area contributed by atoms with Gasteiger partial charge >= 0.3 is 0 Å². The van der Waals surface area contributed by atoms with E-state index in [1.165, 1.54) is 18.4 Å². The Morgan fingerprint density at radius 1 is 1.37 bits per heavy atom. The first-order valence-electron chi connectivity index (χ1n) is 6.94. The first-order valence-corrected chi connectivity index (χ1v) is 6.94. The lowest BCUT2D eigenvalue weighted by Crippen LogP contribution is -2.32. The van der Waals surface area contributed by atoms with E-state index in [0.29, 0.717) is 5.69 Å². The number of fused-ring (bicyclic) bond motifs is 1. The molecule has 5 heteroatoms. The van der Waals surface area contributed by atoms with Crippen LogP contribution in [-0.2, 0) is 13.1 Å². The molecule has 1 aromatic rings.